The van der Waals surface area contributed by atoms with Gasteiger partial charge in [-0.2, -0.15) is 0 Å². The number of aryl methyl sites for hydroxylation is 1. The van der Waals surface area contributed by atoms with Crippen molar-refractivity contribution in [3.63, 3.8) is 0 Å². The van der Waals surface area contributed by atoms with Gasteiger partial charge in [0.25, 0.3) is 0 Å². The fourth-order valence-electron chi connectivity index (χ4n) is 0.933. The molecule has 3 N–H and O–H groups in total. The van der Waals surface area contributed by atoms with Crippen LogP contribution in [0, 0.1) is 0 Å². The number of nitrogens with zero attached hydrogens (tertiary/aromatic N) is 2. The minimum absolute atomic E-state index is 0.246. The van der Waals surface area contributed by atoms with Crippen molar-refractivity contribution >= 4 is 16.9 Å². The number of nitrogens with two attached hydrogens (primary N) is 1. The first kappa shape index (κ1) is 10.1. The first-order valence-electron chi connectivity index (χ1n) is 3.83. The third-order valence-electron chi connectivity index (χ3n) is 1.54. The molecule has 0 bridgehead atoms. The highest BCUT2D eigenvalue weighted by molar-refractivity contribution is 7.79. The van der Waals surface area contributed by atoms with E-state index in [9.17, 15) is 4.21 Å². The lowest BCUT2D eigenvalue weighted by atomic mass is 10.2. The van der Waals surface area contributed by atoms with E-state index in [1.165, 1.54) is 6.20 Å². The lowest BCUT2D eigenvalue weighted by molar-refractivity contribution is 0.561. The van der Waals surface area contributed by atoms with Gasteiger partial charge in [-0.1, -0.05) is 0 Å². The number of hydrogen-bond acceptors (Lipinski definition) is 4. The molecule has 0 saturated carbocycles. The normalized spacial score (nSPS) is 12.7. The van der Waals surface area contributed by atoms with Crippen molar-refractivity contribution in [2.75, 3.05) is 11.5 Å². The quantitative estimate of drug-likeness (QED) is 0.680. The van der Waals surface area contributed by atoms with E-state index in [4.69, 9.17) is 10.3 Å². The van der Waals surface area contributed by atoms with Gasteiger partial charge in [-0.05, 0) is 12.8 Å². The van der Waals surface area contributed by atoms with E-state index in [1.807, 2.05) is 0 Å². The summed E-state index contributed by atoms with van der Waals surface area (Å²) in [5.74, 6) is 0.641. The highest BCUT2D eigenvalue weighted by Gasteiger charge is 2.01. The maximum absolute atomic E-state index is 10.3. The van der Waals surface area contributed by atoms with Crippen LogP contribution < -0.4 is 5.73 Å². The molecule has 0 spiro atoms. The second-order valence-electron chi connectivity index (χ2n) is 2.52. The summed E-state index contributed by atoms with van der Waals surface area (Å²) in [5.41, 5.74) is 6.21. The predicted octanol–water partition coefficient (Wildman–Crippen LogP) is 0.213. The summed E-state index contributed by atoms with van der Waals surface area (Å²) in [6, 6.07) is 0. The van der Waals surface area contributed by atoms with Crippen molar-refractivity contribution in [1.29, 1.82) is 0 Å². The van der Waals surface area contributed by atoms with Gasteiger partial charge in [-0.3, -0.25) is 4.98 Å². The van der Waals surface area contributed by atoms with Crippen LogP contribution in [0.15, 0.2) is 12.4 Å². The molecule has 6 heteroatoms. The van der Waals surface area contributed by atoms with E-state index in [0.717, 1.165) is 0 Å². The molecule has 0 aliphatic heterocycles. The molecule has 0 aliphatic carbocycles. The van der Waals surface area contributed by atoms with Gasteiger partial charge in [-0.25, -0.2) is 9.19 Å². The fourth-order valence-corrected chi connectivity index (χ4v) is 1.32. The number of anilines is 1. The maximum Gasteiger partial charge on any atom is 0.152 e. The van der Waals surface area contributed by atoms with E-state index in [0.29, 0.717) is 24.4 Å². The Bertz CT molecular complexity index is 306. The minimum Gasteiger partial charge on any atom is -0.382 e. The predicted molar refractivity (Wildman–Crippen MR) is 50.4 cm³/mol. The summed E-state index contributed by atoms with van der Waals surface area (Å²) in [4.78, 5) is 7.86. The van der Waals surface area contributed by atoms with Crippen LogP contribution in [-0.2, 0) is 17.5 Å². The highest BCUT2D eigenvalue weighted by Crippen LogP contribution is 2.05. The Hall–Kier alpha value is -1.01. The van der Waals surface area contributed by atoms with Crippen LogP contribution in [-0.4, -0.2) is 24.5 Å². The van der Waals surface area contributed by atoms with E-state index in [-0.39, 0.29) is 5.75 Å². The average Bonchev–Trinajstić information content (AvgIpc) is 2.08. The van der Waals surface area contributed by atoms with Crippen molar-refractivity contribution in [2.45, 2.75) is 12.8 Å². The van der Waals surface area contributed by atoms with Crippen LogP contribution >= 0.6 is 0 Å². The number of nitrogen functional groups attached to an aromatic ring is 1. The Morgan fingerprint density at radius 3 is 2.77 bits per heavy atom. The molecule has 0 aliphatic rings. The standard InChI is InChI=1S/C7H11N3O2S/c8-7-6(9-3-4-10-7)2-1-5-13(11)12/h3-4H,1-2,5H2,(H2,8,10)(H,11,12). The smallest absolute Gasteiger partial charge is 0.152 e. The van der Waals surface area contributed by atoms with Gasteiger partial charge in [0, 0.05) is 18.1 Å². The maximum atomic E-state index is 10.3. The molecule has 5 nitrogen and oxygen atoms in total. The highest BCUT2D eigenvalue weighted by atomic mass is 32.2. The molecule has 1 rings (SSSR count). The summed E-state index contributed by atoms with van der Waals surface area (Å²) in [7, 11) is 0. The van der Waals surface area contributed by atoms with Crippen molar-refractivity contribution in [3.8, 4) is 0 Å². The monoisotopic (exact) mass is 201 g/mol. The lowest BCUT2D eigenvalue weighted by Gasteiger charge is -2.00. The topological polar surface area (TPSA) is 89.1 Å². The second-order valence-corrected chi connectivity index (χ2v) is 3.57. The van der Waals surface area contributed by atoms with Gasteiger partial charge in [0.05, 0.1) is 5.69 Å². The minimum atomic E-state index is -1.73. The number of hydrogen-bond donors (Lipinski definition) is 2. The molecule has 0 saturated heterocycles. The van der Waals surface area contributed by atoms with Gasteiger partial charge in [-0.15, -0.1) is 0 Å². The van der Waals surface area contributed by atoms with Crippen molar-refractivity contribution in [1.82, 2.24) is 9.97 Å². The van der Waals surface area contributed by atoms with E-state index >= 15 is 0 Å². The van der Waals surface area contributed by atoms with Crippen molar-refractivity contribution in [2.24, 2.45) is 0 Å². The lowest BCUT2D eigenvalue weighted by Crippen LogP contribution is -2.03. The molecule has 1 heterocycles. The summed E-state index contributed by atoms with van der Waals surface area (Å²) in [6.07, 6.45) is 4.25. The second kappa shape index (κ2) is 4.88. The molecule has 1 unspecified atom stereocenters. The van der Waals surface area contributed by atoms with Crippen LogP contribution in [0.3, 0.4) is 0 Å². The van der Waals surface area contributed by atoms with Gasteiger partial charge in [0.15, 0.2) is 11.1 Å². The molecule has 0 amide bonds. The first-order chi connectivity index (χ1) is 6.20. The van der Waals surface area contributed by atoms with E-state index < -0.39 is 11.1 Å². The van der Waals surface area contributed by atoms with Crippen LogP contribution in [0.1, 0.15) is 12.1 Å². The summed E-state index contributed by atoms with van der Waals surface area (Å²) >= 11 is -1.73. The summed E-state index contributed by atoms with van der Waals surface area (Å²) in [6.45, 7) is 0. The van der Waals surface area contributed by atoms with Crippen LogP contribution in [0.25, 0.3) is 0 Å². The number of rotatable bonds is 4. The van der Waals surface area contributed by atoms with Crippen LogP contribution in [0.5, 0.6) is 0 Å². The molecule has 0 aromatic carbocycles. The zero-order chi connectivity index (χ0) is 9.68. The molecule has 72 valence electrons. The SMILES string of the molecule is Nc1nccnc1CCCS(=O)O. The molecular weight excluding hydrogens is 190 g/mol. The molecule has 1 aromatic heterocycles. The number of aromatic nitrogens is 2. The molecule has 0 radical (unpaired) electrons. The van der Waals surface area contributed by atoms with Gasteiger partial charge < -0.3 is 10.3 Å². The Balaban J connectivity index is 2.45. The Morgan fingerprint density at radius 1 is 1.46 bits per heavy atom. The fraction of sp³-hybridized carbons (Fsp3) is 0.429. The molecule has 13 heavy (non-hydrogen) atoms. The molecule has 1 aromatic rings. The molecule has 0 fully saturated rings. The van der Waals surface area contributed by atoms with Crippen molar-refractivity contribution < 1.29 is 8.76 Å². The zero-order valence-electron chi connectivity index (χ0n) is 7.01. The average molecular weight is 201 g/mol. The summed E-state index contributed by atoms with van der Waals surface area (Å²) < 4.78 is 18.8. The third-order valence-corrected chi connectivity index (χ3v) is 2.18. The molecule has 1 atom stereocenters. The molecular formula is C7H11N3O2S. The van der Waals surface area contributed by atoms with Gasteiger partial charge in [0.2, 0.25) is 0 Å². The van der Waals surface area contributed by atoms with Gasteiger partial charge in [0.1, 0.15) is 5.82 Å². The Kier molecular flexibility index (Phi) is 3.78. The third kappa shape index (κ3) is 3.47. The van der Waals surface area contributed by atoms with Crippen LogP contribution in [0.4, 0.5) is 5.82 Å². The Labute approximate surface area is 78.7 Å². The van der Waals surface area contributed by atoms with Crippen LogP contribution in [0.2, 0.25) is 0 Å². The first-order valence-corrected chi connectivity index (χ1v) is 5.10. The largest absolute Gasteiger partial charge is 0.382 e. The van der Waals surface area contributed by atoms with E-state index in [1.54, 1.807) is 6.20 Å². The van der Waals surface area contributed by atoms with Gasteiger partial charge >= 0.3 is 0 Å². The van der Waals surface area contributed by atoms with Crippen molar-refractivity contribution in [3.05, 3.63) is 18.1 Å². The van der Waals surface area contributed by atoms with E-state index in [2.05, 4.69) is 9.97 Å². The Morgan fingerprint density at radius 2 is 2.15 bits per heavy atom. The zero-order valence-corrected chi connectivity index (χ0v) is 7.83. The summed E-state index contributed by atoms with van der Waals surface area (Å²) in [5, 5.41) is 0.